The molecule has 0 saturated heterocycles. The number of benzene rings is 1. The van der Waals surface area contributed by atoms with Crippen LogP contribution >= 0.6 is 11.8 Å². The van der Waals surface area contributed by atoms with E-state index in [1.54, 1.807) is 0 Å². The van der Waals surface area contributed by atoms with Gasteiger partial charge in [-0.15, -0.1) is 4.86 Å². The number of hydrogen-bond donors (Lipinski definition) is 0. The van der Waals surface area contributed by atoms with Crippen molar-refractivity contribution in [2.45, 2.75) is 12.7 Å². The second-order valence-corrected chi connectivity index (χ2v) is 3.59. The van der Waals surface area contributed by atoms with Crippen LogP contribution in [-0.4, -0.2) is 9.39 Å². The molecule has 16 heavy (non-hydrogen) atoms. The molecule has 1 aromatic carbocycles. The topological polar surface area (TPSA) is 41.7 Å². The molecule has 0 N–H and O–H groups in total. The van der Waals surface area contributed by atoms with Crippen LogP contribution < -0.4 is 0 Å². The van der Waals surface area contributed by atoms with E-state index < -0.39 is 11.7 Å². The lowest BCUT2D eigenvalue weighted by Gasteiger charge is -2.18. The molecule has 1 heterocycles. The van der Waals surface area contributed by atoms with E-state index in [9.17, 15) is 18.4 Å². The van der Waals surface area contributed by atoms with Crippen molar-refractivity contribution in [2.24, 2.45) is 5.22 Å². The first-order valence-electron chi connectivity index (χ1n) is 4.20. The van der Waals surface area contributed by atoms with E-state index in [1.807, 2.05) is 0 Å². The average Bonchev–Trinajstić information content (AvgIpc) is 2.15. The van der Waals surface area contributed by atoms with Gasteiger partial charge in [0.2, 0.25) is 0 Å². The van der Waals surface area contributed by atoms with Crippen LogP contribution in [0.4, 0.5) is 18.9 Å². The van der Waals surface area contributed by atoms with Crippen molar-refractivity contribution in [1.82, 2.24) is 4.53 Å². The Morgan fingerprint density at radius 1 is 1.44 bits per heavy atom. The molecule has 0 aliphatic carbocycles. The Bertz CT molecular complexity index is 460. The van der Waals surface area contributed by atoms with Crippen LogP contribution in [0.2, 0.25) is 0 Å². The normalized spacial score (nSPS) is 15.8. The van der Waals surface area contributed by atoms with Gasteiger partial charge < -0.3 is 5.21 Å². The molecule has 0 unspecified atom stereocenters. The number of alkyl halides is 3. The van der Waals surface area contributed by atoms with Crippen LogP contribution in [0.1, 0.15) is 11.1 Å². The van der Waals surface area contributed by atoms with Gasteiger partial charge in [-0.05, 0) is 12.1 Å². The highest BCUT2D eigenvalue weighted by molar-refractivity contribution is 6.13. The molecule has 1 aliphatic rings. The van der Waals surface area contributed by atoms with E-state index in [0.29, 0.717) is 5.56 Å². The molecule has 8 heteroatoms. The number of rotatable bonds is 0. The summed E-state index contributed by atoms with van der Waals surface area (Å²) in [5.74, 6) is 0. The lowest BCUT2D eigenvalue weighted by atomic mass is 10.1. The monoisotopic (exact) mass is 251 g/mol. The third kappa shape index (κ3) is 1.90. The standard InChI is InChI=1S/C8H5ClF3N3O/c9-14-4-5-1-2-6(8(10,11)12)3-7(5)15(16)13-14/h1-3H,4H2. The molecule has 1 aromatic rings. The number of nitrogens with zero attached hydrogens (tertiary/aromatic N) is 3. The van der Waals surface area contributed by atoms with E-state index in [1.165, 1.54) is 6.07 Å². The Balaban J connectivity index is 2.50. The maximum Gasteiger partial charge on any atom is 0.416 e. The van der Waals surface area contributed by atoms with E-state index in [2.05, 4.69) is 5.22 Å². The van der Waals surface area contributed by atoms with E-state index in [0.717, 1.165) is 16.7 Å². The molecular weight excluding hydrogens is 247 g/mol. The highest BCUT2D eigenvalue weighted by atomic mass is 35.5. The average molecular weight is 252 g/mol. The van der Waals surface area contributed by atoms with E-state index in [-0.39, 0.29) is 17.1 Å². The Kier molecular flexibility index (Phi) is 2.42. The summed E-state index contributed by atoms with van der Waals surface area (Å²) in [6.45, 7) is 0.0910. The SMILES string of the molecule is [O-][N+]1=NN(Cl)Cc2ccc(C(F)(F)F)cc21. The maximum atomic E-state index is 12.4. The van der Waals surface area contributed by atoms with Crippen LogP contribution in [-0.2, 0) is 12.7 Å². The van der Waals surface area contributed by atoms with Gasteiger partial charge in [-0.25, -0.2) is 0 Å². The molecule has 0 saturated carbocycles. The fraction of sp³-hybridized carbons (Fsp3) is 0.250. The fourth-order valence-electron chi connectivity index (χ4n) is 1.36. The first-order valence-corrected chi connectivity index (χ1v) is 4.54. The predicted molar refractivity (Wildman–Crippen MR) is 48.6 cm³/mol. The minimum Gasteiger partial charge on any atom is -0.691 e. The lowest BCUT2D eigenvalue weighted by Crippen LogP contribution is -2.16. The van der Waals surface area contributed by atoms with E-state index >= 15 is 0 Å². The first kappa shape index (κ1) is 11.0. The van der Waals surface area contributed by atoms with Gasteiger partial charge >= 0.3 is 6.18 Å². The highest BCUT2D eigenvalue weighted by Gasteiger charge is 2.33. The molecule has 0 bridgehead atoms. The third-order valence-electron chi connectivity index (χ3n) is 2.10. The number of fused-ring (bicyclic) bond motifs is 1. The highest BCUT2D eigenvalue weighted by Crippen LogP contribution is 2.35. The van der Waals surface area contributed by atoms with Crippen molar-refractivity contribution >= 4 is 17.5 Å². The van der Waals surface area contributed by atoms with Gasteiger partial charge in [-0.1, -0.05) is 4.53 Å². The van der Waals surface area contributed by atoms with Crippen molar-refractivity contribution in [3.63, 3.8) is 0 Å². The summed E-state index contributed by atoms with van der Waals surface area (Å²) >= 11 is 5.47. The largest absolute Gasteiger partial charge is 0.691 e. The lowest BCUT2D eigenvalue weighted by molar-refractivity contribution is -0.463. The van der Waals surface area contributed by atoms with Gasteiger partial charge in [0.05, 0.1) is 5.56 Å². The van der Waals surface area contributed by atoms with Crippen molar-refractivity contribution < 1.29 is 18.0 Å². The zero-order valence-electron chi connectivity index (χ0n) is 7.70. The fourth-order valence-corrected chi connectivity index (χ4v) is 1.55. The van der Waals surface area contributed by atoms with Crippen LogP contribution in [0.3, 0.4) is 0 Å². The van der Waals surface area contributed by atoms with Crippen molar-refractivity contribution in [2.75, 3.05) is 0 Å². The van der Waals surface area contributed by atoms with Crippen LogP contribution in [0.15, 0.2) is 23.4 Å². The number of hydrogen-bond acceptors (Lipinski definition) is 3. The summed E-state index contributed by atoms with van der Waals surface area (Å²) in [5, 5.41) is 14.5. The summed E-state index contributed by atoms with van der Waals surface area (Å²) in [6, 6.07) is 2.88. The zero-order chi connectivity index (χ0) is 11.9. The summed E-state index contributed by atoms with van der Waals surface area (Å²) in [5.41, 5.74) is -0.620. The molecule has 0 fully saturated rings. The Labute approximate surface area is 93.2 Å². The van der Waals surface area contributed by atoms with Gasteiger partial charge in [0.1, 0.15) is 5.22 Å². The van der Waals surface area contributed by atoms with Crippen molar-refractivity contribution in [3.8, 4) is 0 Å². The van der Waals surface area contributed by atoms with Crippen molar-refractivity contribution in [3.05, 3.63) is 34.5 Å². The number of halogens is 4. The van der Waals surface area contributed by atoms with Crippen LogP contribution in [0.5, 0.6) is 0 Å². The Morgan fingerprint density at radius 2 is 2.12 bits per heavy atom. The molecule has 1 aliphatic heterocycles. The van der Waals surface area contributed by atoms with E-state index in [4.69, 9.17) is 11.8 Å². The molecule has 0 amide bonds. The van der Waals surface area contributed by atoms with Crippen molar-refractivity contribution in [1.29, 1.82) is 0 Å². The molecular formula is C8H5ClF3N3O. The Morgan fingerprint density at radius 3 is 2.75 bits per heavy atom. The molecule has 2 rings (SSSR count). The minimum atomic E-state index is -4.48. The quantitative estimate of drug-likeness (QED) is 0.404. The maximum absolute atomic E-state index is 12.4. The van der Waals surface area contributed by atoms with Crippen LogP contribution in [0.25, 0.3) is 0 Å². The second-order valence-electron chi connectivity index (χ2n) is 3.20. The second kappa shape index (κ2) is 3.51. The molecule has 0 radical (unpaired) electrons. The first-order chi connectivity index (χ1) is 7.38. The molecule has 0 aromatic heterocycles. The third-order valence-corrected chi connectivity index (χ3v) is 2.28. The summed E-state index contributed by atoms with van der Waals surface area (Å²) in [6.07, 6.45) is -4.48. The summed E-state index contributed by atoms with van der Waals surface area (Å²) in [7, 11) is 0. The smallest absolute Gasteiger partial charge is 0.416 e. The summed E-state index contributed by atoms with van der Waals surface area (Å²) < 4.78 is 38.0. The molecule has 0 atom stereocenters. The van der Waals surface area contributed by atoms with Gasteiger partial charge in [0, 0.05) is 11.6 Å². The van der Waals surface area contributed by atoms with Gasteiger partial charge in [0.25, 0.3) is 0 Å². The van der Waals surface area contributed by atoms with Gasteiger partial charge in [-0.3, -0.25) is 0 Å². The van der Waals surface area contributed by atoms with Gasteiger partial charge in [-0.2, -0.15) is 13.2 Å². The van der Waals surface area contributed by atoms with Gasteiger partial charge in [0.15, 0.2) is 24.0 Å². The Hall–Kier alpha value is -1.50. The molecule has 0 spiro atoms. The molecule has 4 nitrogen and oxygen atoms in total. The summed E-state index contributed by atoms with van der Waals surface area (Å²) in [4.78, 5) is 0.0705. The predicted octanol–water partition coefficient (Wildman–Crippen LogP) is 3.18. The molecule has 86 valence electrons. The zero-order valence-corrected chi connectivity index (χ0v) is 8.46. The minimum absolute atomic E-state index is 0.0705. The van der Waals surface area contributed by atoms with Crippen LogP contribution in [0, 0.1) is 5.21 Å².